The van der Waals surface area contributed by atoms with Crippen molar-refractivity contribution in [3.63, 3.8) is 0 Å². The Morgan fingerprint density at radius 3 is 3.00 bits per heavy atom. The molecule has 1 radical (unpaired) electrons. The van der Waals surface area contributed by atoms with Crippen molar-refractivity contribution >= 4 is 5.69 Å². The van der Waals surface area contributed by atoms with E-state index in [1.807, 2.05) is 12.1 Å². The number of anilines is 1. The quantitative estimate of drug-likeness (QED) is 0.586. The van der Waals surface area contributed by atoms with Gasteiger partial charge < -0.3 is 4.90 Å². The Balaban J connectivity index is 2.17. The van der Waals surface area contributed by atoms with Crippen LogP contribution >= 0.6 is 0 Å². The molecule has 1 heterocycles. The zero-order valence-electron chi connectivity index (χ0n) is 6.75. The van der Waals surface area contributed by atoms with E-state index in [-0.39, 0.29) is 0 Å². The van der Waals surface area contributed by atoms with E-state index in [0.717, 1.165) is 6.04 Å². The van der Waals surface area contributed by atoms with Gasteiger partial charge in [0.25, 0.3) is 0 Å². The molecule has 1 saturated heterocycles. The van der Waals surface area contributed by atoms with Gasteiger partial charge in [-0.2, -0.15) is 0 Å². The predicted molar refractivity (Wildman–Crippen MR) is 46.7 cm³/mol. The summed E-state index contributed by atoms with van der Waals surface area (Å²) in [5.74, 6) is 0. The topological polar surface area (TPSA) is 3.24 Å². The first kappa shape index (κ1) is 6.71. The first-order valence-corrected chi connectivity index (χ1v) is 4.10. The molecule has 1 nitrogen and oxygen atoms in total. The highest BCUT2D eigenvalue weighted by Gasteiger charge is 2.22. The first-order valence-electron chi connectivity index (χ1n) is 4.10. The fraction of sp³-hybridized carbons (Fsp3) is 0.400. The van der Waals surface area contributed by atoms with Gasteiger partial charge >= 0.3 is 0 Å². The van der Waals surface area contributed by atoms with E-state index in [4.69, 9.17) is 0 Å². The molecule has 1 aromatic rings. The minimum atomic E-state index is 0.728. The Morgan fingerprint density at radius 2 is 2.55 bits per heavy atom. The largest absolute Gasteiger partial charge is 0.369 e. The minimum absolute atomic E-state index is 0.728. The third-order valence-electron chi connectivity index (χ3n) is 2.34. The van der Waals surface area contributed by atoms with Gasteiger partial charge in [0.2, 0.25) is 0 Å². The van der Waals surface area contributed by atoms with E-state index >= 15 is 0 Å². The summed E-state index contributed by atoms with van der Waals surface area (Å²) in [5, 5.41) is 0. The van der Waals surface area contributed by atoms with Crippen LogP contribution in [-0.4, -0.2) is 12.6 Å². The van der Waals surface area contributed by atoms with Gasteiger partial charge in [-0.25, -0.2) is 0 Å². The van der Waals surface area contributed by atoms with Crippen molar-refractivity contribution in [1.82, 2.24) is 0 Å². The molecule has 1 fully saturated rings. The zero-order valence-corrected chi connectivity index (χ0v) is 6.75. The molecule has 0 aliphatic carbocycles. The van der Waals surface area contributed by atoms with Gasteiger partial charge in [-0.05, 0) is 31.5 Å². The van der Waals surface area contributed by atoms with E-state index in [1.54, 1.807) is 0 Å². The van der Waals surface area contributed by atoms with E-state index in [9.17, 15) is 0 Å². The second-order valence-corrected chi connectivity index (χ2v) is 3.09. The third-order valence-corrected chi connectivity index (χ3v) is 2.34. The molecule has 1 aliphatic heterocycles. The Kier molecular flexibility index (Phi) is 1.57. The van der Waals surface area contributed by atoms with Crippen molar-refractivity contribution < 1.29 is 0 Å². The van der Waals surface area contributed by atoms with Crippen molar-refractivity contribution in [3.05, 3.63) is 30.3 Å². The highest BCUT2D eigenvalue weighted by molar-refractivity contribution is 5.48. The smallest absolute Gasteiger partial charge is 0.0374 e. The predicted octanol–water partition coefficient (Wildman–Crippen LogP) is 2.09. The van der Waals surface area contributed by atoms with Crippen LogP contribution in [0.5, 0.6) is 0 Å². The van der Waals surface area contributed by atoms with E-state index in [1.165, 1.54) is 18.7 Å². The highest BCUT2D eigenvalue weighted by atomic mass is 15.2. The molecule has 0 spiro atoms. The summed E-state index contributed by atoms with van der Waals surface area (Å²) in [5.41, 5.74) is 1.31. The SMILES string of the molecule is C[C@H]1CCN1c1c[c]ccc1. The van der Waals surface area contributed by atoms with Crippen LogP contribution in [0.4, 0.5) is 5.69 Å². The van der Waals surface area contributed by atoms with Gasteiger partial charge in [0.15, 0.2) is 0 Å². The van der Waals surface area contributed by atoms with Crippen molar-refractivity contribution in [1.29, 1.82) is 0 Å². The third kappa shape index (κ3) is 1.11. The monoisotopic (exact) mass is 146 g/mol. The number of benzene rings is 1. The lowest BCUT2D eigenvalue weighted by Crippen LogP contribution is -2.45. The molecule has 57 valence electrons. The molecule has 1 heteroatoms. The van der Waals surface area contributed by atoms with Crippen molar-refractivity contribution in [2.24, 2.45) is 0 Å². The molecule has 0 unspecified atom stereocenters. The second-order valence-electron chi connectivity index (χ2n) is 3.09. The maximum Gasteiger partial charge on any atom is 0.0374 e. The number of hydrogen-bond donors (Lipinski definition) is 0. The van der Waals surface area contributed by atoms with E-state index in [2.05, 4.69) is 30.0 Å². The van der Waals surface area contributed by atoms with E-state index in [0.29, 0.717) is 0 Å². The molecule has 0 bridgehead atoms. The summed E-state index contributed by atoms with van der Waals surface area (Å²) < 4.78 is 0. The van der Waals surface area contributed by atoms with E-state index < -0.39 is 0 Å². The van der Waals surface area contributed by atoms with Gasteiger partial charge in [0.1, 0.15) is 0 Å². The number of hydrogen-bond acceptors (Lipinski definition) is 1. The molecular weight excluding hydrogens is 134 g/mol. The lowest BCUT2D eigenvalue weighted by Gasteiger charge is -2.40. The molecule has 1 aliphatic rings. The average Bonchev–Trinajstić information content (AvgIpc) is 2.04. The van der Waals surface area contributed by atoms with Crippen LogP contribution in [0.2, 0.25) is 0 Å². The molecule has 1 atom stereocenters. The van der Waals surface area contributed by atoms with Crippen LogP contribution in [0.25, 0.3) is 0 Å². The fourth-order valence-corrected chi connectivity index (χ4v) is 1.46. The van der Waals surface area contributed by atoms with Gasteiger partial charge in [-0.1, -0.05) is 12.1 Å². The second kappa shape index (κ2) is 2.57. The van der Waals surface area contributed by atoms with Crippen molar-refractivity contribution in [2.75, 3.05) is 11.4 Å². The summed E-state index contributed by atoms with van der Waals surface area (Å²) in [4.78, 5) is 2.40. The normalized spacial score (nSPS) is 23.0. The maximum absolute atomic E-state index is 3.09. The summed E-state index contributed by atoms with van der Waals surface area (Å²) in [6.45, 7) is 3.47. The van der Waals surface area contributed by atoms with Crippen molar-refractivity contribution in [3.8, 4) is 0 Å². The van der Waals surface area contributed by atoms with Gasteiger partial charge in [0.05, 0.1) is 0 Å². The lowest BCUT2D eigenvalue weighted by atomic mass is 10.0. The maximum atomic E-state index is 3.09. The van der Waals surface area contributed by atoms with Crippen molar-refractivity contribution in [2.45, 2.75) is 19.4 Å². The molecule has 1 aromatic carbocycles. The average molecular weight is 146 g/mol. The van der Waals surface area contributed by atoms with Crippen LogP contribution in [0.15, 0.2) is 24.3 Å². The Hall–Kier alpha value is -0.980. The lowest BCUT2D eigenvalue weighted by molar-refractivity contribution is 0.481. The Morgan fingerprint density at radius 1 is 1.64 bits per heavy atom. The van der Waals surface area contributed by atoms with Crippen LogP contribution in [-0.2, 0) is 0 Å². The fourth-order valence-electron chi connectivity index (χ4n) is 1.46. The summed E-state index contributed by atoms with van der Waals surface area (Å²) >= 11 is 0. The molecule has 0 aromatic heterocycles. The van der Waals surface area contributed by atoms with Gasteiger partial charge in [-0.15, -0.1) is 0 Å². The molecule has 0 saturated carbocycles. The zero-order chi connectivity index (χ0) is 7.68. The number of rotatable bonds is 1. The molecular formula is C10H12N. The first-order chi connectivity index (χ1) is 5.38. The molecule has 0 N–H and O–H groups in total. The standard InChI is InChI=1S/C10H12N/c1-9-7-8-11(9)10-5-3-2-4-6-10/h2-3,5-6,9H,7-8H2,1H3/t9-/m0/s1. The molecule has 2 rings (SSSR count). The van der Waals surface area contributed by atoms with Crippen LogP contribution in [0.3, 0.4) is 0 Å². The Bertz CT molecular complexity index is 230. The van der Waals surface area contributed by atoms with Crippen LogP contribution < -0.4 is 4.90 Å². The van der Waals surface area contributed by atoms with Crippen LogP contribution in [0, 0.1) is 6.07 Å². The van der Waals surface area contributed by atoms with Gasteiger partial charge in [0, 0.05) is 18.3 Å². The summed E-state index contributed by atoms with van der Waals surface area (Å²) in [6.07, 6.45) is 1.33. The van der Waals surface area contributed by atoms with Gasteiger partial charge in [-0.3, -0.25) is 0 Å². The minimum Gasteiger partial charge on any atom is -0.369 e. The van der Waals surface area contributed by atoms with Crippen LogP contribution in [0.1, 0.15) is 13.3 Å². The summed E-state index contributed by atoms with van der Waals surface area (Å²) in [6, 6.07) is 12.0. The number of nitrogens with zero attached hydrogens (tertiary/aromatic N) is 1. The molecule has 0 amide bonds. The molecule has 11 heavy (non-hydrogen) atoms. The summed E-state index contributed by atoms with van der Waals surface area (Å²) in [7, 11) is 0. The Labute approximate surface area is 67.6 Å². The highest BCUT2D eigenvalue weighted by Crippen LogP contribution is 2.24.